The first kappa shape index (κ1) is 18.2. The summed E-state index contributed by atoms with van der Waals surface area (Å²) < 4.78 is 0. The minimum Gasteiger partial charge on any atom is -0.508 e. The van der Waals surface area contributed by atoms with Crippen LogP contribution in [0.25, 0.3) is 22.0 Å². The molecule has 0 amide bonds. The van der Waals surface area contributed by atoms with E-state index in [2.05, 4.69) is 20.4 Å². The molecule has 0 spiro atoms. The number of nitrogens with one attached hydrogen (secondary N) is 1. The monoisotopic (exact) mass is 377 g/mol. The van der Waals surface area contributed by atoms with Crippen LogP contribution in [0.15, 0.2) is 35.7 Å². The SMILES string of the molecule is CON=C1c2cnccc2-c2c1c(NCCN(C)C)nc1c(C)c(O)ccc21. The average molecular weight is 377 g/mol. The Morgan fingerprint density at radius 2 is 2.00 bits per heavy atom. The number of pyridine rings is 2. The van der Waals surface area contributed by atoms with Gasteiger partial charge in [0.25, 0.3) is 0 Å². The molecule has 0 fully saturated rings. The summed E-state index contributed by atoms with van der Waals surface area (Å²) in [6.07, 6.45) is 3.58. The molecule has 0 atom stereocenters. The molecule has 0 saturated heterocycles. The van der Waals surface area contributed by atoms with Crippen LogP contribution in [0.2, 0.25) is 0 Å². The Kier molecular flexibility index (Phi) is 4.60. The number of oxime groups is 1. The van der Waals surface area contributed by atoms with Gasteiger partial charge in [0.1, 0.15) is 24.4 Å². The van der Waals surface area contributed by atoms with Crippen LogP contribution < -0.4 is 5.32 Å². The van der Waals surface area contributed by atoms with Gasteiger partial charge in [-0.15, -0.1) is 0 Å². The Balaban J connectivity index is 2.03. The molecule has 0 bridgehead atoms. The first-order valence-corrected chi connectivity index (χ1v) is 9.14. The molecule has 7 heteroatoms. The highest BCUT2D eigenvalue weighted by atomic mass is 16.6. The lowest BCUT2D eigenvalue weighted by atomic mass is 9.99. The molecular weight excluding hydrogens is 354 g/mol. The second-order valence-electron chi connectivity index (χ2n) is 7.09. The summed E-state index contributed by atoms with van der Waals surface area (Å²) >= 11 is 0. The van der Waals surface area contributed by atoms with Gasteiger partial charge in [-0.1, -0.05) is 5.16 Å². The molecule has 0 aliphatic heterocycles. The van der Waals surface area contributed by atoms with E-state index in [0.29, 0.717) is 5.71 Å². The minimum absolute atomic E-state index is 0.234. The van der Waals surface area contributed by atoms with Gasteiger partial charge >= 0.3 is 0 Å². The fraction of sp³-hybridized carbons (Fsp3) is 0.286. The Labute approximate surface area is 163 Å². The second-order valence-corrected chi connectivity index (χ2v) is 7.09. The summed E-state index contributed by atoms with van der Waals surface area (Å²) in [5, 5.41) is 18.9. The van der Waals surface area contributed by atoms with Crippen molar-refractivity contribution in [2.24, 2.45) is 5.16 Å². The van der Waals surface area contributed by atoms with Crippen molar-refractivity contribution in [3.05, 3.63) is 47.3 Å². The smallest absolute Gasteiger partial charge is 0.137 e. The molecule has 0 unspecified atom stereocenters. The molecule has 1 aliphatic carbocycles. The van der Waals surface area contributed by atoms with Gasteiger partial charge in [-0.05, 0) is 44.8 Å². The Morgan fingerprint density at radius 1 is 1.18 bits per heavy atom. The zero-order valence-corrected chi connectivity index (χ0v) is 16.4. The molecule has 7 nitrogen and oxygen atoms in total. The highest BCUT2D eigenvalue weighted by Gasteiger charge is 2.32. The summed E-state index contributed by atoms with van der Waals surface area (Å²) in [4.78, 5) is 16.4. The molecule has 0 radical (unpaired) electrons. The number of nitrogens with zero attached hydrogens (tertiary/aromatic N) is 4. The largest absolute Gasteiger partial charge is 0.508 e. The lowest BCUT2D eigenvalue weighted by Gasteiger charge is -2.16. The van der Waals surface area contributed by atoms with Crippen LogP contribution >= 0.6 is 0 Å². The normalized spacial score (nSPS) is 13.8. The number of anilines is 1. The number of phenolic OH excluding ortho intramolecular Hbond substituents is 1. The third kappa shape index (κ3) is 2.84. The third-order valence-electron chi connectivity index (χ3n) is 5.00. The number of likely N-dealkylation sites (N-methyl/N-ethyl adjacent to an activating group) is 1. The van der Waals surface area contributed by atoms with Crippen LogP contribution in [0.5, 0.6) is 5.75 Å². The van der Waals surface area contributed by atoms with Crippen molar-refractivity contribution in [3.8, 4) is 16.9 Å². The maximum absolute atomic E-state index is 10.2. The van der Waals surface area contributed by atoms with Crippen LogP contribution in [-0.2, 0) is 4.84 Å². The number of benzene rings is 1. The maximum atomic E-state index is 10.2. The average Bonchev–Trinajstić information content (AvgIpc) is 3.00. The Bertz CT molecular complexity index is 1090. The fourth-order valence-corrected chi connectivity index (χ4v) is 3.61. The van der Waals surface area contributed by atoms with Crippen LogP contribution in [0, 0.1) is 6.92 Å². The third-order valence-corrected chi connectivity index (χ3v) is 5.00. The molecule has 3 aromatic rings. The van der Waals surface area contributed by atoms with Gasteiger partial charge in [0.05, 0.1) is 11.1 Å². The number of rotatable bonds is 5. The molecule has 2 N–H and O–H groups in total. The predicted molar refractivity (Wildman–Crippen MR) is 111 cm³/mol. The number of phenols is 1. The minimum atomic E-state index is 0.234. The van der Waals surface area contributed by atoms with Gasteiger partial charge in [0, 0.05) is 47.6 Å². The molecular formula is C21H23N5O2. The zero-order valence-electron chi connectivity index (χ0n) is 16.4. The number of aryl methyl sites for hydroxylation is 1. The number of hydrogen-bond donors (Lipinski definition) is 2. The highest BCUT2D eigenvalue weighted by Crippen LogP contribution is 2.45. The highest BCUT2D eigenvalue weighted by molar-refractivity contribution is 6.30. The van der Waals surface area contributed by atoms with Crippen molar-refractivity contribution in [3.63, 3.8) is 0 Å². The van der Waals surface area contributed by atoms with Gasteiger partial charge in [-0.2, -0.15) is 0 Å². The van der Waals surface area contributed by atoms with E-state index in [0.717, 1.165) is 57.6 Å². The van der Waals surface area contributed by atoms with Crippen molar-refractivity contribution in [2.45, 2.75) is 6.92 Å². The van der Waals surface area contributed by atoms with Crippen LogP contribution in [0.1, 0.15) is 16.7 Å². The number of hydrogen-bond acceptors (Lipinski definition) is 7. The molecule has 0 saturated carbocycles. The van der Waals surface area contributed by atoms with E-state index in [4.69, 9.17) is 9.82 Å². The topological polar surface area (TPSA) is 82.9 Å². The number of aromatic nitrogens is 2. The van der Waals surface area contributed by atoms with E-state index in [1.165, 1.54) is 7.11 Å². The first-order valence-electron chi connectivity index (χ1n) is 9.14. The second kappa shape index (κ2) is 7.09. The molecule has 1 aliphatic rings. The van der Waals surface area contributed by atoms with Crippen molar-refractivity contribution < 1.29 is 9.94 Å². The lowest BCUT2D eigenvalue weighted by Crippen LogP contribution is -2.22. The van der Waals surface area contributed by atoms with E-state index in [-0.39, 0.29) is 5.75 Å². The first-order chi connectivity index (χ1) is 13.5. The maximum Gasteiger partial charge on any atom is 0.137 e. The molecule has 2 heterocycles. The standard InChI is InChI=1S/C21H23N5O2/c1-12-16(27)6-5-14-17-13-7-8-22-11-15(13)20(25-28-4)18(17)21(24-19(12)14)23-9-10-26(2)3/h5-8,11,27H,9-10H2,1-4H3,(H,23,24). The molecule has 1 aromatic carbocycles. The summed E-state index contributed by atoms with van der Waals surface area (Å²) in [5.41, 5.74) is 6.13. The molecule has 144 valence electrons. The van der Waals surface area contributed by atoms with Gasteiger partial charge in [0.2, 0.25) is 0 Å². The van der Waals surface area contributed by atoms with E-state index >= 15 is 0 Å². The summed E-state index contributed by atoms with van der Waals surface area (Å²) in [7, 11) is 5.60. The van der Waals surface area contributed by atoms with Crippen molar-refractivity contribution in [1.29, 1.82) is 0 Å². The Hall–Kier alpha value is -3.19. The van der Waals surface area contributed by atoms with E-state index < -0.39 is 0 Å². The molecule has 2 aromatic heterocycles. The number of fused-ring (bicyclic) bond motifs is 5. The zero-order chi connectivity index (χ0) is 19.8. The van der Waals surface area contributed by atoms with E-state index in [9.17, 15) is 5.11 Å². The fourth-order valence-electron chi connectivity index (χ4n) is 3.61. The quantitative estimate of drug-likeness (QED) is 0.520. The van der Waals surface area contributed by atoms with Gasteiger partial charge in [-0.3, -0.25) is 4.98 Å². The lowest BCUT2D eigenvalue weighted by molar-refractivity contribution is 0.214. The van der Waals surface area contributed by atoms with E-state index in [1.54, 1.807) is 18.5 Å². The Morgan fingerprint density at radius 3 is 2.75 bits per heavy atom. The summed E-state index contributed by atoms with van der Waals surface area (Å²) in [5.74, 6) is 0.961. The van der Waals surface area contributed by atoms with E-state index in [1.807, 2.05) is 33.2 Å². The summed E-state index contributed by atoms with van der Waals surface area (Å²) in [6, 6.07) is 5.61. The van der Waals surface area contributed by atoms with Crippen LogP contribution in [-0.4, -0.2) is 60.0 Å². The summed E-state index contributed by atoms with van der Waals surface area (Å²) in [6.45, 7) is 3.47. The van der Waals surface area contributed by atoms with Crippen molar-refractivity contribution in [1.82, 2.24) is 14.9 Å². The number of aromatic hydroxyl groups is 1. The van der Waals surface area contributed by atoms with Crippen LogP contribution in [0.4, 0.5) is 5.82 Å². The van der Waals surface area contributed by atoms with Crippen molar-refractivity contribution in [2.75, 3.05) is 39.6 Å². The van der Waals surface area contributed by atoms with Gasteiger partial charge < -0.3 is 20.2 Å². The van der Waals surface area contributed by atoms with Crippen molar-refractivity contribution >= 4 is 22.4 Å². The van der Waals surface area contributed by atoms with Gasteiger partial charge in [-0.25, -0.2) is 4.98 Å². The predicted octanol–water partition coefficient (Wildman–Crippen LogP) is 3.00. The molecule has 28 heavy (non-hydrogen) atoms. The molecule has 4 rings (SSSR count). The van der Waals surface area contributed by atoms with Gasteiger partial charge in [0.15, 0.2) is 0 Å². The van der Waals surface area contributed by atoms with Crippen LogP contribution in [0.3, 0.4) is 0 Å².